The van der Waals surface area contributed by atoms with Crippen molar-refractivity contribution in [1.29, 1.82) is 0 Å². The Morgan fingerprint density at radius 1 is 1.15 bits per heavy atom. The first-order valence-corrected chi connectivity index (χ1v) is 11.5. The van der Waals surface area contributed by atoms with Crippen LogP contribution in [-0.2, 0) is 17.8 Å². The summed E-state index contributed by atoms with van der Waals surface area (Å²) in [5, 5.41) is 8.37. The molecule has 0 bridgehead atoms. The minimum absolute atomic E-state index is 0.0498. The summed E-state index contributed by atoms with van der Waals surface area (Å²) >= 11 is 1.34. The van der Waals surface area contributed by atoms with Gasteiger partial charge >= 0.3 is 0 Å². The van der Waals surface area contributed by atoms with Gasteiger partial charge in [-0.3, -0.25) is 14.3 Å². The van der Waals surface area contributed by atoms with Crippen LogP contribution in [0.25, 0.3) is 10.2 Å². The SMILES string of the molecule is CCc1ccccc1NC(=O)CN(C)C(=O)c1cc2c(C)nn(Cc3ccc(F)cc3)c2s1. The highest BCUT2D eigenvalue weighted by Crippen LogP contribution is 2.29. The van der Waals surface area contributed by atoms with Crippen LogP contribution in [0.1, 0.15) is 33.4 Å². The van der Waals surface area contributed by atoms with Crippen LogP contribution in [0.3, 0.4) is 0 Å². The number of fused-ring (bicyclic) bond motifs is 1. The normalized spacial score (nSPS) is 11.0. The number of hydrogen-bond acceptors (Lipinski definition) is 4. The van der Waals surface area contributed by atoms with Gasteiger partial charge in [0.2, 0.25) is 5.91 Å². The van der Waals surface area contributed by atoms with Gasteiger partial charge in [0.25, 0.3) is 5.91 Å². The van der Waals surface area contributed by atoms with Crippen molar-refractivity contribution in [2.75, 3.05) is 18.9 Å². The molecule has 2 heterocycles. The number of amides is 2. The van der Waals surface area contributed by atoms with E-state index < -0.39 is 0 Å². The van der Waals surface area contributed by atoms with Gasteiger partial charge in [-0.2, -0.15) is 5.10 Å². The second-order valence-corrected chi connectivity index (χ2v) is 8.95. The number of rotatable bonds is 7. The molecule has 0 saturated carbocycles. The number of aryl methyl sites for hydroxylation is 2. The maximum atomic E-state index is 13.2. The summed E-state index contributed by atoms with van der Waals surface area (Å²) in [6.07, 6.45) is 0.807. The lowest BCUT2D eigenvalue weighted by Gasteiger charge is -2.17. The van der Waals surface area contributed by atoms with Gasteiger partial charge in [0, 0.05) is 18.1 Å². The number of thiophene rings is 1. The van der Waals surface area contributed by atoms with Crippen molar-refractivity contribution >= 4 is 39.1 Å². The van der Waals surface area contributed by atoms with E-state index in [2.05, 4.69) is 10.4 Å². The van der Waals surface area contributed by atoms with E-state index in [4.69, 9.17) is 0 Å². The van der Waals surface area contributed by atoms with Gasteiger partial charge in [-0.15, -0.1) is 11.3 Å². The van der Waals surface area contributed by atoms with Gasteiger partial charge in [-0.1, -0.05) is 37.3 Å². The maximum absolute atomic E-state index is 13.2. The summed E-state index contributed by atoms with van der Waals surface area (Å²) in [4.78, 5) is 28.4. The van der Waals surface area contributed by atoms with Crippen LogP contribution >= 0.6 is 11.3 Å². The standard InChI is InChI=1S/C25H25FN4O2S/c1-4-18-7-5-6-8-21(18)27-23(31)15-29(3)24(32)22-13-20-16(2)28-30(25(20)33-22)14-17-9-11-19(26)12-10-17/h5-13H,4,14-15H2,1-3H3,(H,27,31). The lowest BCUT2D eigenvalue weighted by molar-refractivity contribution is -0.116. The number of para-hydroxylation sites is 1. The predicted octanol–water partition coefficient (Wildman–Crippen LogP) is 4.87. The van der Waals surface area contributed by atoms with Gasteiger partial charge in [0.05, 0.1) is 23.7 Å². The van der Waals surface area contributed by atoms with Crippen molar-refractivity contribution in [3.63, 3.8) is 0 Å². The molecule has 0 aliphatic rings. The van der Waals surface area contributed by atoms with E-state index >= 15 is 0 Å². The Morgan fingerprint density at radius 3 is 2.61 bits per heavy atom. The van der Waals surface area contributed by atoms with Crippen LogP contribution in [0.15, 0.2) is 54.6 Å². The molecule has 33 heavy (non-hydrogen) atoms. The van der Waals surface area contributed by atoms with Crippen molar-refractivity contribution in [2.24, 2.45) is 0 Å². The highest BCUT2D eigenvalue weighted by Gasteiger charge is 2.21. The van der Waals surface area contributed by atoms with E-state index in [-0.39, 0.29) is 24.2 Å². The molecule has 0 radical (unpaired) electrons. The molecule has 170 valence electrons. The highest BCUT2D eigenvalue weighted by molar-refractivity contribution is 7.20. The average molecular weight is 465 g/mol. The molecule has 6 nitrogen and oxygen atoms in total. The smallest absolute Gasteiger partial charge is 0.264 e. The monoisotopic (exact) mass is 464 g/mol. The van der Waals surface area contributed by atoms with Crippen LogP contribution in [0.4, 0.5) is 10.1 Å². The van der Waals surface area contributed by atoms with Crippen LogP contribution in [0, 0.1) is 12.7 Å². The first-order chi connectivity index (χ1) is 15.9. The molecule has 4 aromatic rings. The van der Waals surface area contributed by atoms with Crippen LogP contribution in [0.2, 0.25) is 0 Å². The molecular formula is C25H25FN4O2S. The predicted molar refractivity (Wildman–Crippen MR) is 129 cm³/mol. The van der Waals surface area contributed by atoms with E-state index in [9.17, 15) is 14.0 Å². The van der Waals surface area contributed by atoms with Gasteiger partial charge < -0.3 is 10.2 Å². The van der Waals surface area contributed by atoms with Gasteiger partial charge in [-0.05, 0) is 48.7 Å². The summed E-state index contributed by atoms with van der Waals surface area (Å²) in [6, 6.07) is 15.8. The zero-order chi connectivity index (χ0) is 23.5. The molecular weight excluding hydrogens is 439 g/mol. The van der Waals surface area contributed by atoms with Crippen molar-refractivity contribution in [2.45, 2.75) is 26.8 Å². The topological polar surface area (TPSA) is 67.2 Å². The number of carbonyl (C=O) groups is 2. The average Bonchev–Trinajstić information content (AvgIpc) is 3.36. The Kier molecular flexibility index (Phi) is 6.55. The third-order valence-electron chi connectivity index (χ3n) is 5.46. The molecule has 4 rings (SSSR count). The zero-order valence-electron chi connectivity index (χ0n) is 18.8. The highest BCUT2D eigenvalue weighted by atomic mass is 32.1. The number of aromatic nitrogens is 2. The first-order valence-electron chi connectivity index (χ1n) is 10.7. The van der Waals surface area contributed by atoms with Gasteiger partial charge in [0.1, 0.15) is 10.6 Å². The van der Waals surface area contributed by atoms with E-state index in [1.54, 1.807) is 19.2 Å². The molecule has 0 fully saturated rings. The number of carbonyl (C=O) groups excluding carboxylic acids is 2. The summed E-state index contributed by atoms with van der Waals surface area (Å²) in [6.45, 7) is 4.35. The Morgan fingerprint density at radius 2 is 1.88 bits per heavy atom. The summed E-state index contributed by atoms with van der Waals surface area (Å²) < 4.78 is 15.0. The molecule has 1 N–H and O–H groups in total. The van der Waals surface area contributed by atoms with Crippen LogP contribution in [-0.4, -0.2) is 40.1 Å². The lowest BCUT2D eigenvalue weighted by atomic mass is 10.1. The third-order valence-corrected chi connectivity index (χ3v) is 6.60. The molecule has 2 aromatic heterocycles. The van der Waals surface area contributed by atoms with E-state index in [0.717, 1.165) is 39.1 Å². The molecule has 0 spiro atoms. The Hall–Kier alpha value is -3.52. The number of benzene rings is 2. The largest absolute Gasteiger partial charge is 0.332 e. The number of likely N-dealkylation sites (N-methyl/N-ethyl adjacent to an activating group) is 1. The lowest BCUT2D eigenvalue weighted by Crippen LogP contribution is -2.34. The quantitative estimate of drug-likeness (QED) is 0.424. The summed E-state index contributed by atoms with van der Waals surface area (Å²) in [5.74, 6) is -0.746. The number of nitrogens with one attached hydrogen (secondary N) is 1. The van der Waals surface area contributed by atoms with Crippen molar-refractivity contribution < 1.29 is 14.0 Å². The Balaban J connectivity index is 1.48. The molecule has 0 unspecified atom stereocenters. The molecule has 0 atom stereocenters. The minimum atomic E-state index is -0.283. The van der Waals surface area contributed by atoms with Crippen molar-refractivity contribution in [3.8, 4) is 0 Å². The number of nitrogens with zero attached hydrogens (tertiary/aromatic N) is 3. The van der Waals surface area contributed by atoms with E-state index in [1.165, 1.54) is 28.4 Å². The molecule has 2 amide bonds. The summed E-state index contributed by atoms with van der Waals surface area (Å²) in [5.41, 5.74) is 3.55. The number of halogens is 1. The molecule has 8 heteroatoms. The fourth-order valence-electron chi connectivity index (χ4n) is 3.70. The third kappa shape index (κ3) is 4.96. The molecule has 0 aliphatic heterocycles. The van der Waals surface area contributed by atoms with Crippen molar-refractivity contribution in [3.05, 3.63) is 82.1 Å². The van der Waals surface area contributed by atoms with E-state index in [1.807, 2.05) is 48.9 Å². The molecule has 2 aromatic carbocycles. The van der Waals surface area contributed by atoms with E-state index in [0.29, 0.717) is 11.4 Å². The fourth-order valence-corrected chi connectivity index (χ4v) is 4.86. The second-order valence-electron chi connectivity index (χ2n) is 7.92. The Bertz CT molecular complexity index is 1310. The van der Waals surface area contributed by atoms with Crippen LogP contribution in [0.5, 0.6) is 0 Å². The van der Waals surface area contributed by atoms with Crippen LogP contribution < -0.4 is 5.32 Å². The second kappa shape index (κ2) is 9.54. The maximum Gasteiger partial charge on any atom is 0.264 e. The zero-order valence-corrected chi connectivity index (χ0v) is 19.6. The van der Waals surface area contributed by atoms with Crippen molar-refractivity contribution in [1.82, 2.24) is 14.7 Å². The Labute approximate surface area is 195 Å². The van der Waals surface area contributed by atoms with Gasteiger partial charge in [-0.25, -0.2) is 4.39 Å². The minimum Gasteiger partial charge on any atom is -0.332 e. The molecule has 0 aliphatic carbocycles. The van der Waals surface area contributed by atoms with Gasteiger partial charge in [0.15, 0.2) is 0 Å². The first kappa shape index (κ1) is 22.7. The number of anilines is 1. The molecule has 0 saturated heterocycles. The fraction of sp³-hybridized carbons (Fsp3) is 0.240. The summed E-state index contributed by atoms with van der Waals surface area (Å²) in [7, 11) is 1.62. The number of hydrogen-bond donors (Lipinski definition) is 1.